The van der Waals surface area contributed by atoms with E-state index < -0.39 is 5.60 Å². The van der Waals surface area contributed by atoms with Crippen LogP contribution < -0.4 is 11.3 Å². The largest absolute Gasteiger partial charge is 0.384 e. The van der Waals surface area contributed by atoms with Crippen LogP contribution in [0.5, 0.6) is 0 Å². The van der Waals surface area contributed by atoms with Crippen LogP contribution in [0.25, 0.3) is 0 Å². The van der Waals surface area contributed by atoms with Crippen molar-refractivity contribution in [3.63, 3.8) is 0 Å². The van der Waals surface area contributed by atoms with Crippen LogP contribution in [0, 0.1) is 0 Å². The highest BCUT2D eigenvalue weighted by molar-refractivity contribution is 9.10. The van der Waals surface area contributed by atoms with Gasteiger partial charge in [0.15, 0.2) is 0 Å². The van der Waals surface area contributed by atoms with E-state index in [4.69, 9.17) is 5.84 Å². The summed E-state index contributed by atoms with van der Waals surface area (Å²) in [6, 6.07) is 7.53. The summed E-state index contributed by atoms with van der Waals surface area (Å²) in [6.07, 6.45) is 0. The SMILES string of the molecule is CC(O)(CNN)c1ccccc1Br. The van der Waals surface area contributed by atoms with E-state index in [2.05, 4.69) is 21.4 Å². The van der Waals surface area contributed by atoms with E-state index in [1.54, 1.807) is 6.92 Å². The van der Waals surface area contributed by atoms with Gasteiger partial charge in [0.25, 0.3) is 0 Å². The Labute approximate surface area is 86.0 Å². The van der Waals surface area contributed by atoms with Crippen molar-refractivity contribution < 1.29 is 5.11 Å². The van der Waals surface area contributed by atoms with Crippen LogP contribution >= 0.6 is 15.9 Å². The molecule has 0 aliphatic carbocycles. The molecule has 72 valence electrons. The van der Waals surface area contributed by atoms with Gasteiger partial charge in [0.05, 0.1) is 0 Å². The fraction of sp³-hybridized carbons (Fsp3) is 0.333. The van der Waals surface area contributed by atoms with Gasteiger partial charge in [0.1, 0.15) is 5.60 Å². The van der Waals surface area contributed by atoms with Crippen LogP contribution in [0.1, 0.15) is 12.5 Å². The Morgan fingerprint density at radius 3 is 2.69 bits per heavy atom. The molecule has 0 saturated heterocycles. The zero-order chi connectivity index (χ0) is 9.90. The summed E-state index contributed by atoms with van der Waals surface area (Å²) in [5, 5.41) is 9.99. The second-order valence-corrected chi connectivity index (χ2v) is 3.99. The third kappa shape index (κ3) is 2.51. The number of aliphatic hydroxyl groups is 1. The lowest BCUT2D eigenvalue weighted by Gasteiger charge is -2.24. The first kappa shape index (κ1) is 10.7. The number of nitrogens with one attached hydrogen (secondary N) is 1. The van der Waals surface area contributed by atoms with Gasteiger partial charge in [-0.1, -0.05) is 34.1 Å². The number of halogens is 1. The van der Waals surface area contributed by atoms with Crippen molar-refractivity contribution in [1.29, 1.82) is 0 Å². The van der Waals surface area contributed by atoms with Crippen LogP contribution in [0.15, 0.2) is 28.7 Å². The van der Waals surface area contributed by atoms with Crippen molar-refractivity contribution >= 4 is 15.9 Å². The number of benzene rings is 1. The summed E-state index contributed by atoms with van der Waals surface area (Å²) in [7, 11) is 0. The van der Waals surface area contributed by atoms with Crippen LogP contribution in [0.4, 0.5) is 0 Å². The molecule has 0 aromatic heterocycles. The van der Waals surface area contributed by atoms with E-state index in [-0.39, 0.29) is 0 Å². The second kappa shape index (κ2) is 4.19. The standard InChI is InChI=1S/C9H13BrN2O/c1-9(13,6-12-11)7-4-2-3-5-8(7)10/h2-5,12-13H,6,11H2,1H3. The number of hydrazine groups is 1. The molecule has 0 heterocycles. The van der Waals surface area contributed by atoms with Crippen molar-refractivity contribution in [3.05, 3.63) is 34.3 Å². The summed E-state index contributed by atoms with van der Waals surface area (Å²) in [6.45, 7) is 2.03. The monoisotopic (exact) mass is 244 g/mol. The number of nitrogens with two attached hydrogens (primary N) is 1. The molecule has 0 spiro atoms. The Hall–Kier alpha value is -0.420. The highest BCUT2D eigenvalue weighted by Crippen LogP contribution is 2.27. The molecule has 0 aliphatic rings. The zero-order valence-corrected chi connectivity index (χ0v) is 9.01. The van der Waals surface area contributed by atoms with Gasteiger partial charge in [-0.05, 0) is 18.6 Å². The van der Waals surface area contributed by atoms with Crippen LogP contribution in [-0.2, 0) is 5.60 Å². The Bertz CT molecular complexity index is 289. The average molecular weight is 245 g/mol. The van der Waals surface area contributed by atoms with Gasteiger partial charge in [-0.25, -0.2) is 0 Å². The van der Waals surface area contributed by atoms with Gasteiger partial charge in [-0.15, -0.1) is 0 Å². The number of hydrogen-bond donors (Lipinski definition) is 3. The van der Waals surface area contributed by atoms with Crippen molar-refractivity contribution in [3.8, 4) is 0 Å². The maximum atomic E-state index is 9.99. The lowest BCUT2D eigenvalue weighted by Crippen LogP contribution is -2.39. The minimum atomic E-state index is -0.950. The fourth-order valence-corrected chi connectivity index (χ4v) is 1.90. The van der Waals surface area contributed by atoms with E-state index in [0.717, 1.165) is 10.0 Å². The average Bonchev–Trinajstić information content (AvgIpc) is 2.04. The van der Waals surface area contributed by atoms with Gasteiger partial charge < -0.3 is 5.11 Å². The van der Waals surface area contributed by atoms with Crippen LogP contribution in [0.2, 0.25) is 0 Å². The quantitative estimate of drug-likeness (QED) is 0.552. The van der Waals surface area contributed by atoms with Crippen molar-refractivity contribution in [2.75, 3.05) is 6.54 Å². The molecule has 1 aromatic carbocycles. The Morgan fingerprint density at radius 2 is 2.15 bits per heavy atom. The molecular weight excluding hydrogens is 232 g/mol. The van der Waals surface area contributed by atoms with Crippen molar-refractivity contribution in [2.24, 2.45) is 5.84 Å². The zero-order valence-electron chi connectivity index (χ0n) is 7.42. The topological polar surface area (TPSA) is 58.3 Å². The fourth-order valence-electron chi connectivity index (χ4n) is 1.19. The smallest absolute Gasteiger partial charge is 0.102 e. The van der Waals surface area contributed by atoms with Gasteiger partial charge in [0, 0.05) is 11.0 Å². The molecule has 0 fully saturated rings. The van der Waals surface area contributed by atoms with Gasteiger partial charge >= 0.3 is 0 Å². The maximum absolute atomic E-state index is 9.99. The molecule has 13 heavy (non-hydrogen) atoms. The predicted molar refractivity (Wildman–Crippen MR) is 55.9 cm³/mol. The summed E-state index contributed by atoms with van der Waals surface area (Å²) in [4.78, 5) is 0. The molecule has 3 nitrogen and oxygen atoms in total. The third-order valence-electron chi connectivity index (χ3n) is 1.90. The lowest BCUT2D eigenvalue weighted by atomic mass is 9.96. The molecule has 0 aliphatic heterocycles. The Morgan fingerprint density at radius 1 is 1.54 bits per heavy atom. The summed E-state index contributed by atoms with van der Waals surface area (Å²) in [5.41, 5.74) is 2.34. The van der Waals surface area contributed by atoms with E-state index in [0.29, 0.717) is 6.54 Å². The third-order valence-corrected chi connectivity index (χ3v) is 2.59. The minimum absolute atomic E-state index is 0.315. The maximum Gasteiger partial charge on any atom is 0.102 e. The van der Waals surface area contributed by atoms with Gasteiger partial charge in [-0.2, -0.15) is 0 Å². The molecule has 0 amide bonds. The first-order valence-electron chi connectivity index (χ1n) is 3.99. The molecule has 4 heteroatoms. The minimum Gasteiger partial charge on any atom is -0.384 e. The van der Waals surface area contributed by atoms with Crippen LogP contribution in [0.3, 0.4) is 0 Å². The van der Waals surface area contributed by atoms with Crippen molar-refractivity contribution in [2.45, 2.75) is 12.5 Å². The Balaban J connectivity index is 2.99. The highest BCUT2D eigenvalue weighted by Gasteiger charge is 2.24. The van der Waals surface area contributed by atoms with E-state index >= 15 is 0 Å². The van der Waals surface area contributed by atoms with Crippen molar-refractivity contribution in [1.82, 2.24) is 5.43 Å². The first-order chi connectivity index (χ1) is 6.08. The summed E-state index contributed by atoms with van der Waals surface area (Å²) in [5.74, 6) is 5.18. The Kier molecular flexibility index (Phi) is 3.44. The molecule has 0 saturated carbocycles. The highest BCUT2D eigenvalue weighted by atomic mass is 79.9. The molecule has 1 unspecified atom stereocenters. The lowest BCUT2D eigenvalue weighted by molar-refractivity contribution is 0.0565. The van der Waals surface area contributed by atoms with E-state index in [1.165, 1.54) is 0 Å². The number of hydrogen-bond acceptors (Lipinski definition) is 3. The summed E-state index contributed by atoms with van der Waals surface area (Å²) < 4.78 is 0.884. The van der Waals surface area contributed by atoms with Gasteiger partial charge in [0.2, 0.25) is 0 Å². The molecule has 0 bridgehead atoms. The number of rotatable bonds is 3. The van der Waals surface area contributed by atoms with Gasteiger partial charge in [-0.3, -0.25) is 11.3 Å². The van der Waals surface area contributed by atoms with E-state index in [9.17, 15) is 5.11 Å². The normalized spacial score (nSPS) is 15.4. The van der Waals surface area contributed by atoms with E-state index in [1.807, 2.05) is 24.3 Å². The molecule has 0 radical (unpaired) electrons. The first-order valence-corrected chi connectivity index (χ1v) is 4.78. The molecule has 1 atom stereocenters. The molecule has 1 aromatic rings. The van der Waals surface area contributed by atoms with Crippen LogP contribution in [-0.4, -0.2) is 11.7 Å². The molecule has 1 rings (SSSR count). The predicted octanol–water partition coefficient (Wildman–Crippen LogP) is 1.12. The molecular formula is C9H13BrN2O. The molecule has 4 N–H and O–H groups in total. The second-order valence-electron chi connectivity index (χ2n) is 3.13. The summed E-state index contributed by atoms with van der Waals surface area (Å²) >= 11 is 3.37.